The van der Waals surface area contributed by atoms with Gasteiger partial charge < -0.3 is 20.5 Å². The molecule has 0 aliphatic heterocycles. The van der Waals surface area contributed by atoms with Crippen LogP contribution in [-0.2, 0) is 25.2 Å². The maximum absolute atomic E-state index is 14.5. The van der Waals surface area contributed by atoms with E-state index < -0.39 is 69.8 Å². The van der Waals surface area contributed by atoms with Crippen LogP contribution in [0.5, 0.6) is 5.75 Å². The van der Waals surface area contributed by atoms with E-state index in [-0.39, 0.29) is 18.2 Å². The second-order valence-corrected chi connectivity index (χ2v) is 11.4. The second-order valence-electron chi connectivity index (χ2n) is 9.29. The van der Waals surface area contributed by atoms with Gasteiger partial charge in [-0.3, -0.25) is 19.9 Å². The molecular formula is C25H31F3N4O6S. The molecule has 2 amide bonds. The predicted octanol–water partition coefficient (Wildman–Crippen LogP) is 1.30. The number of ether oxygens (including phenoxy) is 1. The van der Waals surface area contributed by atoms with Gasteiger partial charge in [0.05, 0.1) is 17.5 Å². The molecule has 1 aromatic carbocycles. The molecule has 0 saturated heterocycles. The summed E-state index contributed by atoms with van der Waals surface area (Å²) in [5.74, 6) is -4.08. The van der Waals surface area contributed by atoms with Crippen molar-refractivity contribution in [3.8, 4) is 5.75 Å². The molecule has 1 aliphatic carbocycles. The highest BCUT2D eigenvalue weighted by Gasteiger charge is 2.37. The number of hydrogen-bond donors (Lipinski definition) is 4. The number of rotatable bonds is 15. The molecule has 10 nitrogen and oxygen atoms in total. The number of amides is 2. The smallest absolute Gasteiger partial charge is 0.410 e. The van der Waals surface area contributed by atoms with Crippen LogP contribution in [0.3, 0.4) is 0 Å². The lowest BCUT2D eigenvalue weighted by Gasteiger charge is -2.27. The van der Waals surface area contributed by atoms with E-state index in [1.807, 2.05) is 0 Å². The number of aromatic nitrogens is 1. The molecule has 3 atom stereocenters. The number of aliphatic hydroxyl groups is 1. The van der Waals surface area contributed by atoms with E-state index >= 15 is 0 Å². The Morgan fingerprint density at radius 3 is 2.46 bits per heavy atom. The van der Waals surface area contributed by atoms with Crippen molar-refractivity contribution in [1.82, 2.24) is 20.9 Å². The molecule has 2 unspecified atom stereocenters. The van der Waals surface area contributed by atoms with Crippen LogP contribution in [-0.4, -0.2) is 73.0 Å². The van der Waals surface area contributed by atoms with Gasteiger partial charge in [0.2, 0.25) is 5.91 Å². The summed E-state index contributed by atoms with van der Waals surface area (Å²) in [6.45, 7) is 0.317. The third-order valence-electron chi connectivity index (χ3n) is 5.82. The average molecular weight is 573 g/mol. The summed E-state index contributed by atoms with van der Waals surface area (Å²) in [7, 11) is -4.03. The zero-order valence-electron chi connectivity index (χ0n) is 21.1. The van der Waals surface area contributed by atoms with Crippen LogP contribution >= 0.6 is 0 Å². The van der Waals surface area contributed by atoms with E-state index in [4.69, 9.17) is 0 Å². The normalized spacial score (nSPS) is 16.1. The van der Waals surface area contributed by atoms with E-state index in [9.17, 15) is 36.3 Å². The molecule has 1 heterocycles. The highest BCUT2D eigenvalue weighted by molar-refractivity contribution is 7.90. The SMILES string of the molecule is CC[C@H](NC(=O)C(CS(=O)(=O)Cc1cccnc1)NCC(F)(F)Oc1ccc(F)cc1)C(O)C(=O)NC1CC1. The van der Waals surface area contributed by atoms with Gasteiger partial charge >= 0.3 is 6.11 Å². The van der Waals surface area contributed by atoms with E-state index in [1.54, 1.807) is 6.92 Å². The van der Waals surface area contributed by atoms with Crippen molar-refractivity contribution in [1.29, 1.82) is 0 Å². The number of aliphatic hydroxyl groups excluding tert-OH is 1. The minimum absolute atomic E-state index is 0.0456. The second kappa shape index (κ2) is 13.2. The third kappa shape index (κ3) is 10.1. The minimum Gasteiger partial charge on any atom is -0.432 e. The van der Waals surface area contributed by atoms with Crippen molar-refractivity contribution >= 4 is 21.7 Å². The molecule has 0 radical (unpaired) electrons. The zero-order valence-corrected chi connectivity index (χ0v) is 22.0. The van der Waals surface area contributed by atoms with E-state index in [0.29, 0.717) is 5.56 Å². The molecule has 1 aromatic heterocycles. The zero-order chi connectivity index (χ0) is 28.6. The minimum atomic E-state index is -4.03. The first-order valence-corrected chi connectivity index (χ1v) is 14.1. The fourth-order valence-electron chi connectivity index (χ4n) is 3.62. The molecule has 0 spiro atoms. The van der Waals surface area contributed by atoms with Crippen molar-refractivity contribution in [2.75, 3.05) is 12.3 Å². The van der Waals surface area contributed by atoms with Crippen molar-refractivity contribution in [2.24, 2.45) is 0 Å². The van der Waals surface area contributed by atoms with Gasteiger partial charge in [-0.2, -0.15) is 8.78 Å². The summed E-state index contributed by atoms with van der Waals surface area (Å²) in [5, 5.41) is 17.7. The van der Waals surface area contributed by atoms with Gasteiger partial charge in [0.15, 0.2) is 15.9 Å². The van der Waals surface area contributed by atoms with Crippen molar-refractivity contribution < 1.29 is 41.0 Å². The molecule has 214 valence electrons. The topological polar surface area (TPSA) is 147 Å². The maximum atomic E-state index is 14.5. The Kier molecular flexibility index (Phi) is 10.3. The highest BCUT2D eigenvalue weighted by Crippen LogP contribution is 2.22. The van der Waals surface area contributed by atoms with Crippen molar-refractivity contribution in [2.45, 2.75) is 62.3 Å². The van der Waals surface area contributed by atoms with E-state index in [2.05, 4.69) is 25.7 Å². The molecule has 1 fully saturated rings. The summed E-state index contributed by atoms with van der Waals surface area (Å²) in [4.78, 5) is 29.2. The van der Waals surface area contributed by atoms with Gasteiger partial charge in [-0.25, -0.2) is 12.8 Å². The molecule has 1 saturated carbocycles. The fraction of sp³-hybridized carbons (Fsp3) is 0.480. The van der Waals surface area contributed by atoms with Crippen LogP contribution in [0.1, 0.15) is 31.7 Å². The number of sulfone groups is 1. The third-order valence-corrected chi connectivity index (χ3v) is 7.44. The van der Waals surface area contributed by atoms with Gasteiger partial charge in [0.25, 0.3) is 5.91 Å². The lowest BCUT2D eigenvalue weighted by molar-refractivity contribution is -0.172. The summed E-state index contributed by atoms with van der Waals surface area (Å²) in [6.07, 6.45) is -1.11. The molecule has 0 bridgehead atoms. The van der Waals surface area contributed by atoms with Gasteiger partial charge in [-0.15, -0.1) is 0 Å². The van der Waals surface area contributed by atoms with Crippen LogP contribution in [0, 0.1) is 5.82 Å². The summed E-state index contributed by atoms with van der Waals surface area (Å²) in [6, 6.07) is 4.04. The predicted molar refractivity (Wildman–Crippen MR) is 135 cm³/mol. The van der Waals surface area contributed by atoms with Crippen molar-refractivity contribution in [3.05, 3.63) is 60.2 Å². The lowest BCUT2D eigenvalue weighted by Crippen LogP contribution is -2.57. The van der Waals surface area contributed by atoms with Gasteiger partial charge in [-0.1, -0.05) is 13.0 Å². The Morgan fingerprint density at radius 2 is 1.87 bits per heavy atom. The van der Waals surface area contributed by atoms with Crippen LogP contribution < -0.4 is 20.7 Å². The quantitative estimate of drug-likeness (QED) is 0.250. The number of pyridine rings is 1. The number of nitrogens with zero attached hydrogens (tertiary/aromatic N) is 1. The number of alkyl halides is 2. The van der Waals surface area contributed by atoms with Gasteiger partial charge in [0.1, 0.15) is 24.2 Å². The molecule has 4 N–H and O–H groups in total. The summed E-state index contributed by atoms with van der Waals surface area (Å²) >= 11 is 0. The Morgan fingerprint density at radius 1 is 1.18 bits per heavy atom. The van der Waals surface area contributed by atoms with Crippen LogP contribution in [0.2, 0.25) is 0 Å². The first kappa shape index (κ1) is 30.3. The number of benzene rings is 1. The van der Waals surface area contributed by atoms with Gasteiger partial charge in [-0.05, 0) is 55.2 Å². The van der Waals surface area contributed by atoms with E-state index in [1.165, 1.54) is 24.5 Å². The van der Waals surface area contributed by atoms with Crippen LogP contribution in [0.15, 0.2) is 48.8 Å². The molecule has 3 rings (SSSR count). The number of halogens is 3. The number of nitrogens with one attached hydrogen (secondary N) is 3. The number of carbonyl (C=O) groups is 2. The molecular weight excluding hydrogens is 541 g/mol. The van der Waals surface area contributed by atoms with E-state index in [0.717, 1.165) is 37.1 Å². The highest BCUT2D eigenvalue weighted by atomic mass is 32.2. The number of hydrogen-bond acceptors (Lipinski definition) is 8. The first-order valence-electron chi connectivity index (χ1n) is 12.3. The Labute approximate surface area is 224 Å². The molecule has 2 aromatic rings. The monoisotopic (exact) mass is 572 g/mol. The van der Waals surface area contributed by atoms with Gasteiger partial charge in [0, 0.05) is 18.4 Å². The standard InChI is InChI=1S/C25H31F3N4O6S/c1-2-20(22(33)24(35)31-18-7-8-18)32-23(34)21(14-39(36,37)13-16-4-3-11-29-12-16)30-15-25(27,28)38-19-9-5-17(26)6-10-19/h3-6,9-12,18,20-22,30,33H,2,7-8,13-15H2,1H3,(H,31,35)(H,32,34)/t20-,21?,22?/m0/s1. The summed E-state index contributed by atoms with van der Waals surface area (Å²) < 4.78 is 72.5. The first-order chi connectivity index (χ1) is 18.4. The van der Waals surface area contributed by atoms with Crippen molar-refractivity contribution in [3.63, 3.8) is 0 Å². The Bertz CT molecular complexity index is 1210. The maximum Gasteiger partial charge on any atom is 0.410 e. The fourth-order valence-corrected chi connectivity index (χ4v) is 5.19. The Hall–Kier alpha value is -3.23. The summed E-state index contributed by atoms with van der Waals surface area (Å²) in [5.41, 5.74) is 0.334. The lowest BCUT2D eigenvalue weighted by atomic mass is 10.1. The number of carbonyl (C=O) groups excluding carboxylic acids is 2. The molecule has 14 heteroatoms. The average Bonchev–Trinajstić information content (AvgIpc) is 3.70. The molecule has 1 aliphatic rings. The van der Waals surface area contributed by atoms with Crippen LogP contribution in [0.4, 0.5) is 13.2 Å². The Balaban J connectivity index is 1.72. The largest absolute Gasteiger partial charge is 0.432 e. The molecule has 39 heavy (non-hydrogen) atoms. The van der Waals surface area contributed by atoms with Crippen LogP contribution in [0.25, 0.3) is 0 Å².